The fraction of sp³-hybridized carbons (Fsp3) is 0.333. The van der Waals surface area contributed by atoms with Gasteiger partial charge in [-0.3, -0.25) is 4.79 Å². The molecule has 0 aliphatic heterocycles. The Morgan fingerprint density at radius 1 is 1.32 bits per heavy atom. The Morgan fingerprint density at radius 2 is 1.95 bits per heavy atom. The fourth-order valence-electron chi connectivity index (χ4n) is 1.93. The van der Waals surface area contributed by atoms with Gasteiger partial charge < -0.3 is 10.1 Å². The SMILES string of the molecule is Cc1ccc(-c2nc(C(C)C)[nH]c2CC(=O)O)cc1. The van der Waals surface area contributed by atoms with Gasteiger partial charge in [0.25, 0.3) is 0 Å². The van der Waals surface area contributed by atoms with Crippen LogP contribution in [0.15, 0.2) is 24.3 Å². The second-order valence-electron chi connectivity index (χ2n) is 5.04. The molecular weight excluding hydrogens is 240 g/mol. The number of hydrogen-bond donors (Lipinski definition) is 2. The molecule has 0 spiro atoms. The molecule has 0 aliphatic rings. The van der Waals surface area contributed by atoms with Crippen molar-refractivity contribution in [1.29, 1.82) is 0 Å². The number of carboxylic acid groups (broad SMARTS) is 1. The number of aliphatic carboxylic acids is 1. The van der Waals surface area contributed by atoms with Gasteiger partial charge in [-0.25, -0.2) is 4.98 Å². The Morgan fingerprint density at radius 3 is 2.47 bits per heavy atom. The van der Waals surface area contributed by atoms with E-state index in [1.54, 1.807) is 0 Å². The normalized spacial score (nSPS) is 10.9. The summed E-state index contributed by atoms with van der Waals surface area (Å²) in [6.45, 7) is 6.08. The minimum absolute atomic E-state index is 0.0388. The molecule has 0 saturated heterocycles. The third-order valence-corrected chi connectivity index (χ3v) is 3.00. The fourth-order valence-corrected chi connectivity index (χ4v) is 1.93. The monoisotopic (exact) mass is 258 g/mol. The molecular formula is C15H18N2O2. The average molecular weight is 258 g/mol. The lowest BCUT2D eigenvalue weighted by Gasteiger charge is -2.01. The number of aryl methyl sites for hydroxylation is 1. The number of nitrogens with zero attached hydrogens (tertiary/aromatic N) is 1. The van der Waals surface area contributed by atoms with Crippen molar-refractivity contribution in [3.63, 3.8) is 0 Å². The van der Waals surface area contributed by atoms with Crippen molar-refractivity contribution in [2.45, 2.75) is 33.1 Å². The minimum Gasteiger partial charge on any atom is -0.481 e. The number of aromatic amines is 1. The summed E-state index contributed by atoms with van der Waals surface area (Å²) in [5.41, 5.74) is 3.53. The standard InChI is InChI=1S/C15H18N2O2/c1-9(2)15-16-12(8-13(18)19)14(17-15)11-6-4-10(3)5-7-11/h4-7,9H,8H2,1-3H3,(H,16,17)(H,18,19). The van der Waals surface area contributed by atoms with Gasteiger partial charge in [-0.1, -0.05) is 43.7 Å². The van der Waals surface area contributed by atoms with Gasteiger partial charge >= 0.3 is 5.97 Å². The van der Waals surface area contributed by atoms with E-state index < -0.39 is 5.97 Å². The van der Waals surface area contributed by atoms with E-state index in [1.165, 1.54) is 5.56 Å². The summed E-state index contributed by atoms with van der Waals surface area (Å²) in [5, 5.41) is 8.98. The summed E-state index contributed by atoms with van der Waals surface area (Å²) in [7, 11) is 0. The lowest BCUT2D eigenvalue weighted by Crippen LogP contribution is -2.02. The zero-order valence-electron chi connectivity index (χ0n) is 11.4. The van der Waals surface area contributed by atoms with Crippen LogP contribution in [0.3, 0.4) is 0 Å². The van der Waals surface area contributed by atoms with Crippen LogP contribution in [0, 0.1) is 6.92 Å². The molecule has 1 aromatic carbocycles. The molecule has 100 valence electrons. The number of carboxylic acids is 1. The van der Waals surface area contributed by atoms with Gasteiger partial charge in [-0.2, -0.15) is 0 Å². The molecule has 1 heterocycles. The van der Waals surface area contributed by atoms with Gasteiger partial charge in [-0.05, 0) is 6.92 Å². The van der Waals surface area contributed by atoms with E-state index in [1.807, 2.05) is 45.0 Å². The second kappa shape index (κ2) is 5.26. The van der Waals surface area contributed by atoms with E-state index in [2.05, 4.69) is 9.97 Å². The second-order valence-corrected chi connectivity index (χ2v) is 5.04. The van der Waals surface area contributed by atoms with E-state index in [-0.39, 0.29) is 12.3 Å². The maximum absolute atomic E-state index is 10.9. The molecule has 2 N–H and O–H groups in total. The van der Waals surface area contributed by atoms with Crippen molar-refractivity contribution in [1.82, 2.24) is 9.97 Å². The summed E-state index contributed by atoms with van der Waals surface area (Å²) >= 11 is 0. The Kier molecular flexibility index (Phi) is 3.69. The molecule has 0 saturated carbocycles. The van der Waals surface area contributed by atoms with E-state index in [0.29, 0.717) is 5.69 Å². The average Bonchev–Trinajstić information content (AvgIpc) is 2.73. The Labute approximate surface area is 112 Å². The van der Waals surface area contributed by atoms with Crippen molar-refractivity contribution >= 4 is 5.97 Å². The van der Waals surface area contributed by atoms with Crippen LogP contribution in [0.1, 0.15) is 36.8 Å². The number of nitrogens with one attached hydrogen (secondary N) is 1. The van der Waals surface area contributed by atoms with Gasteiger partial charge in [0.05, 0.1) is 17.8 Å². The van der Waals surface area contributed by atoms with Crippen LogP contribution in [0.4, 0.5) is 0 Å². The molecule has 19 heavy (non-hydrogen) atoms. The van der Waals surface area contributed by atoms with Crippen LogP contribution in [0.5, 0.6) is 0 Å². The first-order chi connectivity index (χ1) is 8.97. The molecule has 0 radical (unpaired) electrons. The smallest absolute Gasteiger partial charge is 0.309 e. The van der Waals surface area contributed by atoms with Crippen molar-refractivity contribution in [2.24, 2.45) is 0 Å². The number of imidazole rings is 1. The lowest BCUT2D eigenvalue weighted by atomic mass is 10.1. The van der Waals surface area contributed by atoms with Gasteiger partial charge in [0.15, 0.2) is 0 Å². The van der Waals surface area contributed by atoms with Gasteiger partial charge in [0, 0.05) is 11.5 Å². The zero-order chi connectivity index (χ0) is 14.0. The highest BCUT2D eigenvalue weighted by atomic mass is 16.4. The van der Waals surface area contributed by atoms with E-state index in [9.17, 15) is 4.79 Å². The van der Waals surface area contributed by atoms with Crippen molar-refractivity contribution in [3.05, 3.63) is 41.3 Å². The number of aromatic nitrogens is 2. The highest BCUT2D eigenvalue weighted by Crippen LogP contribution is 2.25. The number of H-pyrrole nitrogens is 1. The first kappa shape index (κ1) is 13.3. The maximum atomic E-state index is 10.9. The van der Waals surface area contributed by atoms with Crippen LogP contribution in [0.2, 0.25) is 0 Å². The number of benzene rings is 1. The highest BCUT2D eigenvalue weighted by molar-refractivity contribution is 5.74. The molecule has 0 fully saturated rings. The topological polar surface area (TPSA) is 66.0 Å². The Bertz CT molecular complexity index is 583. The first-order valence-corrected chi connectivity index (χ1v) is 6.35. The third-order valence-electron chi connectivity index (χ3n) is 3.00. The summed E-state index contributed by atoms with van der Waals surface area (Å²) in [5.74, 6) is 0.214. The van der Waals surface area contributed by atoms with Crippen LogP contribution in [0.25, 0.3) is 11.3 Å². The quantitative estimate of drug-likeness (QED) is 0.885. The predicted molar refractivity (Wildman–Crippen MR) is 74.2 cm³/mol. The molecule has 0 amide bonds. The first-order valence-electron chi connectivity index (χ1n) is 6.35. The third kappa shape index (κ3) is 3.02. The van der Waals surface area contributed by atoms with E-state index >= 15 is 0 Å². The number of rotatable bonds is 4. The molecule has 4 heteroatoms. The zero-order valence-corrected chi connectivity index (χ0v) is 11.4. The molecule has 0 bridgehead atoms. The minimum atomic E-state index is -0.854. The van der Waals surface area contributed by atoms with Crippen LogP contribution in [-0.2, 0) is 11.2 Å². The molecule has 2 rings (SSSR count). The highest BCUT2D eigenvalue weighted by Gasteiger charge is 2.16. The number of hydrogen-bond acceptors (Lipinski definition) is 2. The Balaban J connectivity index is 2.47. The molecule has 4 nitrogen and oxygen atoms in total. The summed E-state index contributed by atoms with van der Waals surface area (Å²) in [6.07, 6.45) is -0.0388. The van der Waals surface area contributed by atoms with Crippen LogP contribution in [-0.4, -0.2) is 21.0 Å². The maximum Gasteiger partial charge on any atom is 0.309 e. The van der Waals surface area contributed by atoms with Crippen LogP contribution < -0.4 is 0 Å². The van der Waals surface area contributed by atoms with Gasteiger partial charge in [0.2, 0.25) is 0 Å². The van der Waals surface area contributed by atoms with Crippen molar-refractivity contribution in [2.75, 3.05) is 0 Å². The summed E-state index contributed by atoms with van der Waals surface area (Å²) < 4.78 is 0. The van der Waals surface area contributed by atoms with Crippen molar-refractivity contribution < 1.29 is 9.90 Å². The lowest BCUT2D eigenvalue weighted by molar-refractivity contribution is -0.136. The summed E-state index contributed by atoms with van der Waals surface area (Å²) in [4.78, 5) is 18.6. The van der Waals surface area contributed by atoms with E-state index in [4.69, 9.17) is 5.11 Å². The van der Waals surface area contributed by atoms with Crippen molar-refractivity contribution in [3.8, 4) is 11.3 Å². The van der Waals surface area contributed by atoms with Crippen LogP contribution >= 0.6 is 0 Å². The molecule has 0 unspecified atom stereocenters. The Hall–Kier alpha value is -2.10. The summed E-state index contributed by atoms with van der Waals surface area (Å²) in [6, 6.07) is 7.95. The van der Waals surface area contributed by atoms with Gasteiger partial charge in [-0.15, -0.1) is 0 Å². The van der Waals surface area contributed by atoms with Gasteiger partial charge in [0.1, 0.15) is 5.82 Å². The number of carbonyl (C=O) groups is 1. The molecule has 0 atom stereocenters. The molecule has 0 aliphatic carbocycles. The largest absolute Gasteiger partial charge is 0.481 e. The predicted octanol–water partition coefficient (Wildman–Crippen LogP) is 3.14. The molecule has 2 aromatic rings. The van der Waals surface area contributed by atoms with E-state index in [0.717, 1.165) is 17.1 Å². The molecule has 1 aromatic heterocycles.